The largest absolute Gasteiger partial charge is 0.500 e. The van der Waals surface area contributed by atoms with Crippen molar-refractivity contribution in [3.8, 4) is 5.75 Å². The molecule has 0 N–H and O–H groups in total. The summed E-state index contributed by atoms with van der Waals surface area (Å²) in [5.74, 6) is -1.51. The molecule has 0 aromatic heterocycles. The van der Waals surface area contributed by atoms with E-state index < -0.39 is 17.5 Å². The molecule has 0 fully saturated rings. The number of carbonyl (C=O) groups excluding carboxylic acids is 2. The molecule has 0 aliphatic rings. The maximum Gasteiger partial charge on any atom is 0.377 e. The molecule has 0 saturated carbocycles. The van der Waals surface area contributed by atoms with Gasteiger partial charge < -0.3 is 18.9 Å². The number of hydrogen-bond donors (Lipinski definition) is 0. The summed E-state index contributed by atoms with van der Waals surface area (Å²) < 4.78 is 20.4. The van der Waals surface area contributed by atoms with Crippen molar-refractivity contribution in [2.45, 2.75) is 31.7 Å². The van der Waals surface area contributed by atoms with Crippen LogP contribution in [-0.2, 0) is 24.3 Å². The minimum absolute atomic E-state index is 0.0989. The van der Waals surface area contributed by atoms with E-state index in [-0.39, 0.29) is 17.1 Å². The molecule has 1 aromatic carbocycles. The van der Waals surface area contributed by atoms with Gasteiger partial charge in [-0.1, -0.05) is 27.5 Å². The first-order valence-electron chi connectivity index (χ1n) is 7.24. The second-order valence-electron chi connectivity index (χ2n) is 5.85. The van der Waals surface area contributed by atoms with Crippen LogP contribution in [0.2, 0.25) is 5.02 Å². The van der Waals surface area contributed by atoms with E-state index in [2.05, 4.69) is 20.7 Å². The zero-order valence-electron chi connectivity index (χ0n) is 14.6. The van der Waals surface area contributed by atoms with E-state index in [0.717, 1.165) is 6.26 Å². The van der Waals surface area contributed by atoms with Crippen molar-refractivity contribution in [1.82, 2.24) is 0 Å². The number of benzene rings is 1. The molecule has 0 aliphatic heterocycles. The zero-order valence-corrected chi connectivity index (χ0v) is 17.0. The molecule has 138 valence electrons. The van der Waals surface area contributed by atoms with Crippen molar-refractivity contribution in [1.29, 1.82) is 0 Å². The predicted molar refractivity (Wildman–Crippen MR) is 97.0 cm³/mol. The van der Waals surface area contributed by atoms with Crippen molar-refractivity contribution in [2.75, 3.05) is 14.2 Å². The molecule has 0 heterocycles. The summed E-state index contributed by atoms with van der Waals surface area (Å²) in [4.78, 5) is 24.4. The van der Waals surface area contributed by atoms with Gasteiger partial charge in [0, 0.05) is 10.4 Å². The topological polar surface area (TPSA) is 71.1 Å². The molecule has 0 saturated heterocycles. The van der Waals surface area contributed by atoms with Gasteiger partial charge in [-0.15, -0.1) is 0 Å². The fourth-order valence-corrected chi connectivity index (χ4v) is 2.78. The van der Waals surface area contributed by atoms with E-state index >= 15 is 0 Å². The van der Waals surface area contributed by atoms with Crippen molar-refractivity contribution in [3.63, 3.8) is 0 Å². The SMILES string of the molecule is COC=C(Oc1ccc(Cl)c(CBr)c1C(=O)OC(C)(C)C)C(=O)OC. The van der Waals surface area contributed by atoms with E-state index in [0.29, 0.717) is 15.9 Å². The average Bonchev–Trinajstić information content (AvgIpc) is 2.52. The third-order valence-electron chi connectivity index (χ3n) is 2.79. The van der Waals surface area contributed by atoms with Crippen molar-refractivity contribution < 1.29 is 28.5 Å². The van der Waals surface area contributed by atoms with Crippen LogP contribution in [0.5, 0.6) is 5.75 Å². The van der Waals surface area contributed by atoms with E-state index in [9.17, 15) is 9.59 Å². The third kappa shape index (κ3) is 5.93. The molecule has 0 spiro atoms. The average molecular weight is 436 g/mol. The lowest BCUT2D eigenvalue weighted by Crippen LogP contribution is -2.25. The lowest BCUT2D eigenvalue weighted by atomic mass is 10.1. The van der Waals surface area contributed by atoms with E-state index in [1.165, 1.54) is 20.3 Å². The summed E-state index contributed by atoms with van der Waals surface area (Å²) in [5.41, 5.74) is -0.117. The number of alkyl halides is 1. The molecule has 0 radical (unpaired) electrons. The zero-order chi connectivity index (χ0) is 19.2. The fourth-order valence-electron chi connectivity index (χ4n) is 1.81. The lowest BCUT2D eigenvalue weighted by Gasteiger charge is -2.22. The Morgan fingerprint density at radius 2 is 1.88 bits per heavy atom. The van der Waals surface area contributed by atoms with E-state index in [4.69, 9.17) is 25.8 Å². The summed E-state index contributed by atoms with van der Waals surface area (Å²) in [6, 6.07) is 3.03. The molecule has 0 bridgehead atoms. The van der Waals surface area contributed by atoms with Gasteiger partial charge in [0.15, 0.2) is 0 Å². The highest BCUT2D eigenvalue weighted by Gasteiger charge is 2.27. The van der Waals surface area contributed by atoms with E-state index in [1.807, 2.05) is 0 Å². The highest BCUT2D eigenvalue weighted by atomic mass is 79.9. The number of esters is 2. The Morgan fingerprint density at radius 3 is 2.36 bits per heavy atom. The monoisotopic (exact) mass is 434 g/mol. The Balaban J connectivity index is 3.42. The third-order valence-corrected chi connectivity index (χ3v) is 3.70. The molecular formula is C17H20BrClO6. The molecular weight excluding hydrogens is 416 g/mol. The van der Waals surface area contributed by atoms with Crippen LogP contribution < -0.4 is 4.74 Å². The molecule has 0 atom stereocenters. The Labute approximate surface area is 160 Å². The summed E-state index contributed by atoms with van der Waals surface area (Å²) >= 11 is 9.48. The molecule has 1 rings (SSSR count). The summed E-state index contributed by atoms with van der Waals surface area (Å²) in [5, 5.41) is 0.652. The van der Waals surface area contributed by atoms with Gasteiger partial charge in [0.1, 0.15) is 23.2 Å². The minimum Gasteiger partial charge on any atom is -0.500 e. The summed E-state index contributed by atoms with van der Waals surface area (Å²) in [7, 11) is 2.56. The van der Waals surface area contributed by atoms with Gasteiger partial charge >= 0.3 is 11.9 Å². The summed E-state index contributed by atoms with van der Waals surface area (Å²) in [6.45, 7) is 5.23. The van der Waals surface area contributed by atoms with Crippen LogP contribution in [-0.4, -0.2) is 31.8 Å². The van der Waals surface area contributed by atoms with Crippen molar-refractivity contribution in [3.05, 3.63) is 40.3 Å². The molecule has 0 amide bonds. The van der Waals surface area contributed by atoms with Gasteiger partial charge in [-0.3, -0.25) is 0 Å². The number of methoxy groups -OCH3 is 2. The maximum absolute atomic E-state index is 12.6. The number of ether oxygens (including phenoxy) is 4. The molecule has 0 unspecified atom stereocenters. The second-order valence-corrected chi connectivity index (χ2v) is 6.81. The van der Waals surface area contributed by atoms with Crippen LogP contribution in [0.15, 0.2) is 24.2 Å². The maximum atomic E-state index is 12.6. The summed E-state index contributed by atoms with van der Waals surface area (Å²) in [6.07, 6.45) is 1.08. The highest BCUT2D eigenvalue weighted by Crippen LogP contribution is 2.33. The Morgan fingerprint density at radius 1 is 1.24 bits per heavy atom. The van der Waals surface area contributed by atoms with Crippen LogP contribution in [0.3, 0.4) is 0 Å². The Hall–Kier alpha value is -1.73. The lowest BCUT2D eigenvalue weighted by molar-refractivity contribution is -0.138. The van der Waals surface area contributed by atoms with Crippen LogP contribution in [0.4, 0.5) is 0 Å². The first kappa shape index (κ1) is 21.3. The number of carbonyl (C=O) groups is 2. The van der Waals surface area contributed by atoms with Gasteiger partial charge in [0.05, 0.1) is 14.2 Å². The number of hydrogen-bond acceptors (Lipinski definition) is 6. The second kappa shape index (κ2) is 9.10. The Kier molecular flexibility index (Phi) is 7.76. The molecule has 8 heteroatoms. The van der Waals surface area contributed by atoms with Crippen LogP contribution in [0.25, 0.3) is 0 Å². The Bertz CT molecular complexity index is 678. The van der Waals surface area contributed by atoms with Gasteiger partial charge in [-0.2, -0.15) is 0 Å². The number of rotatable bonds is 6. The van der Waals surface area contributed by atoms with Crippen LogP contribution in [0, 0.1) is 0 Å². The predicted octanol–water partition coefficient (Wildman–Crippen LogP) is 4.23. The highest BCUT2D eigenvalue weighted by molar-refractivity contribution is 9.08. The molecule has 1 aromatic rings. The van der Waals surface area contributed by atoms with Crippen LogP contribution in [0.1, 0.15) is 36.7 Å². The minimum atomic E-state index is -0.757. The van der Waals surface area contributed by atoms with Gasteiger partial charge in [0.25, 0.3) is 0 Å². The molecule has 25 heavy (non-hydrogen) atoms. The van der Waals surface area contributed by atoms with Crippen LogP contribution >= 0.6 is 27.5 Å². The first-order valence-corrected chi connectivity index (χ1v) is 8.74. The molecule has 0 aliphatic carbocycles. The van der Waals surface area contributed by atoms with Gasteiger partial charge in [-0.25, -0.2) is 9.59 Å². The van der Waals surface area contributed by atoms with E-state index in [1.54, 1.807) is 26.8 Å². The number of halogens is 2. The molecule has 6 nitrogen and oxygen atoms in total. The normalized spacial score (nSPS) is 11.7. The van der Waals surface area contributed by atoms with Crippen molar-refractivity contribution in [2.24, 2.45) is 0 Å². The quantitative estimate of drug-likeness (QED) is 0.288. The van der Waals surface area contributed by atoms with Crippen molar-refractivity contribution >= 4 is 39.5 Å². The first-order chi connectivity index (χ1) is 11.6. The smallest absolute Gasteiger partial charge is 0.377 e. The van der Waals surface area contributed by atoms with Gasteiger partial charge in [-0.05, 0) is 38.5 Å². The fraction of sp³-hybridized carbons (Fsp3) is 0.412. The standard InChI is InChI=1S/C17H20BrClO6/c1-17(2,3)25-16(21)14-10(8-18)11(19)6-7-12(14)24-13(9-22-4)15(20)23-5/h6-7,9H,8H2,1-5H3. The van der Waals surface area contributed by atoms with Gasteiger partial charge in [0.2, 0.25) is 5.76 Å².